The highest BCUT2D eigenvalue weighted by Gasteiger charge is 2.21. The average Bonchev–Trinajstić information content (AvgIpc) is 2.77. The van der Waals surface area contributed by atoms with Gasteiger partial charge in [-0.15, -0.1) is 0 Å². The van der Waals surface area contributed by atoms with Crippen molar-refractivity contribution in [3.8, 4) is 0 Å². The van der Waals surface area contributed by atoms with Crippen LogP contribution in [0.3, 0.4) is 0 Å². The van der Waals surface area contributed by atoms with Crippen LogP contribution in [0.25, 0.3) is 0 Å². The second-order valence-electron chi connectivity index (χ2n) is 6.45. The Labute approximate surface area is 178 Å². The topological polar surface area (TPSA) is 52.6 Å². The van der Waals surface area contributed by atoms with Crippen molar-refractivity contribution in [2.24, 2.45) is 0 Å². The van der Waals surface area contributed by atoms with E-state index in [1.807, 2.05) is 0 Å². The van der Waals surface area contributed by atoms with Crippen molar-refractivity contribution >= 4 is 17.9 Å². The molecule has 0 bridgehead atoms. The summed E-state index contributed by atoms with van der Waals surface area (Å²) < 4.78 is 69.4. The molecular formula is C21H15F5N2O2S. The molecule has 31 heavy (non-hydrogen) atoms. The summed E-state index contributed by atoms with van der Waals surface area (Å²) in [5, 5.41) is 8.68. The summed E-state index contributed by atoms with van der Waals surface area (Å²) in [5.74, 6) is -8.02. The van der Waals surface area contributed by atoms with E-state index in [0.29, 0.717) is 29.1 Å². The quantitative estimate of drug-likeness (QED) is 0.129. The first-order valence-electron chi connectivity index (χ1n) is 8.82. The van der Waals surface area contributed by atoms with Gasteiger partial charge in [0, 0.05) is 18.7 Å². The predicted molar refractivity (Wildman–Crippen MR) is 103 cm³/mol. The fourth-order valence-corrected chi connectivity index (χ4v) is 3.73. The molecule has 3 rings (SSSR count). The van der Waals surface area contributed by atoms with Gasteiger partial charge in [-0.1, -0.05) is 24.3 Å². The molecule has 0 radical (unpaired) electrons. The van der Waals surface area contributed by atoms with Crippen LogP contribution >= 0.6 is 11.9 Å². The first-order valence-corrected chi connectivity index (χ1v) is 9.59. The molecule has 0 aliphatic rings. The summed E-state index contributed by atoms with van der Waals surface area (Å²) in [7, 11) is 0. The van der Waals surface area contributed by atoms with Gasteiger partial charge in [-0.05, 0) is 53.4 Å². The van der Waals surface area contributed by atoms with Gasteiger partial charge in [0.05, 0.1) is 4.90 Å². The van der Waals surface area contributed by atoms with Crippen LogP contribution < -0.4 is 5.48 Å². The number of carbonyl (C=O) groups is 1. The Kier molecular flexibility index (Phi) is 7.26. The van der Waals surface area contributed by atoms with Crippen LogP contribution in [0.2, 0.25) is 0 Å². The van der Waals surface area contributed by atoms with Crippen molar-refractivity contribution < 1.29 is 32.0 Å². The fourth-order valence-electron chi connectivity index (χ4n) is 2.70. The SMILES string of the molecule is O=C(NO)c1ccc(CN(Cc2ccc(F)cc2)Sc2cc(F)c(F)c(F)c2F)cc1. The number of benzene rings is 3. The number of hydroxylamine groups is 1. The van der Waals surface area contributed by atoms with Crippen LogP contribution in [0.15, 0.2) is 59.5 Å². The minimum atomic E-state index is -1.91. The lowest BCUT2D eigenvalue weighted by molar-refractivity contribution is 0.0706. The molecule has 0 fully saturated rings. The lowest BCUT2D eigenvalue weighted by Crippen LogP contribution is -2.19. The number of hydrogen-bond donors (Lipinski definition) is 2. The maximum absolute atomic E-state index is 14.2. The van der Waals surface area contributed by atoms with Crippen molar-refractivity contribution in [1.82, 2.24) is 9.79 Å². The predicted octanol–water partition coefficient (Wildman–Crippen LogP) is 5.21. The van der Waals surface area contributed by atoms with Gasteiger partial charge in [0.25, 0.3) is 5.91 Å². The minimum absolute atomic E-state index is 0.128. The Morgan fingerprint density at radius 2 is 1.39 bits per heavy atom. The minimum Gasteiger partial charge on any atom is -0.288 e. The largest absolute Gasteiger partial charge is 0.288 e. The number of hydrogen-bond acceptors (Lipinski definition) is 4. The first kappa shape index (κ1) is 22.7. The van der Waals surface area contributed by atoms with Gasteiger partial charge in [-0.3, -0.25) is 10.0 Å². The molecule has 10 heteroatoms. The van der Waals surface area contributed by atoms with E-state index in [1.54, 1.807) is 12.1 Å². The molecule has 1 amide bonds. The zero-order valence-electron chi connectivity index (χ0n) is 15.7. The molecule has 0 saturated carbocycles. The third-order valence-corrected chi connectivity index (χ3v) is 5.26. The normalized spacial score (nSPS) is 11.1. The molecule has 0 unspecified atom stereocenters. The van der Waals surface area contributed by atoms with E-state index in [9.17, 15) is 26.7 Å². The molecule has 0 heterocycles. The fraction of sp³-hybridized carbons (Fsp3) is 0.0952. The second kappa shape index (κ2) is 9.90. The van der Waals surface area contributed by atoms with Crippen LogP contribution in [0, 0.1) is 29.1 Å². The number of nitrogens with zero attached hydrogens (tertiary/aromatic N) is 1. The van der Waals surface area contributed by atoms with Crippen LogP contribution in [0.5, 0.6) is 0 Å². The molecule has 0 saturated heterocycles. The number of carbonyl (C=O) groups excluding carboxylic acids is 1. The molecule has 2 N–H and O–H groups in total. The highest BCUT2D eigenvalue weighted by atomic mass is 32.2. The molecule has 162 valence electrons. The maximum Gasteiger partial charge on any atom is 0.274 e. The standard InChI is InChI=1S/C21H15F5N2O2S/c22-15-7-3-13(4-8-15)11-28(10-12-1-5-14(6-2-12)21(29)27-30)31-17-9-16(23)18(24)20(26)19(17)25/h1-9,30H,10-11H2,(H,27,29). The van der Waals surface area contributed by atoms with Crippen molar-refractivity contribution in [2.45, 2.75) is 18.0 Å². The summed E-state index contributed by atoms with van der Waals surface area (Å²) in [4.78, 5) is 11.0. The van der Waals surface area contributed by atoms with Crippen LogP contribution in [-0.2, 0) is 13.1 Å². The van der Waals surface area contributed by atoms with Crippen molar-refractivity contribution in [1.29, 1.82) is 0 Å². The number of rotatable bonds is 7. The van der Waals surface area contributed by atoms with Gasteiger partial charge in [-0.2, -0.15) is 0 Å². The lowest BCUT2D eigenvalue weighted by atomic mass is 10.1. The Bertz CT molecular complexity index is 1080. The van der Waals surface area contributed by atoms with Crippen molar-refractivity contribution in [3.05, 3.63) is 100 Å². The molecular weight excluding hydrogens is 439 g/mol. The summed E-state index contributed by atoms with van der Waals surface area (Å²) in [6, 6.07) is 12.1. The van der Waals surface area contributed by atoms with Gasteiger partial charge in [0.2, 0.25) is 0 Å². The highest BCUT2D eigenvalue weighted by Crippen LogP contribution is 2.32. The molecule has 0 atom stereocenters. The number of amides is 1. The third-order valence-electron chi connectivity index (χ3n) is 4.25. The number of nitrogens with one attached hydrogen (secondary N) is 1. The van der Waals surface area contributed by atoms with Gasteiger partial charge in [0.15, 0.2) is 23.3 Å². The summed E-state index contributed by atoms with van der Waals surface area (Å²) in [6.07, 6.45) is 0. The molecule has 0 spiro atoms. The second-order valence-corrected chi connectivity index (χ2v) is 7.59. The zero-order valence-corrected chi connectivity index (χ0v) is 16.5. The van der Waals surface area contributed by atoms with E-state index in [0.717, 1.165) is 0 Å². The summed E-state index contributed by atoms with van der Waals surface area (Å²) in [5.41, 5.74) is 2.98. The van der Waals surface area contributed by atoms with Crippen molar-refractivity contribution in [2.75, 3.05) is 0 Å². The van der Waals surface area contributed by atoms with Crippen LogP contribution in [0.1, 0.15) is 21.5 Å². The summed E-state index contributed by atoms with van der Waals surface area (Å²) >= 11 is 0.660. The molecule has 0 aliphatic heterocycles. The Hall–Kier alpha value is -2.95. The van der Waals surface area contributed by atoms with Gasteiger partial charge in [-0.25, -0.2) is 31.7 Å². The first-order chi connectivity index (χ1) is 14.8. The van der Waals surface area contributed by atoms with E-state index >= 15 is 0 Å². The lowest BCUT2D eigenvalue weighted by Gasteiger charge is -2.22. The van der Waals surface area contributed by atoms with Crippen molar-refractivity contribution in [3.63, 3.8) is 0 Å². The smallest absolute Gasteiger partial charge is 0.274 e. The number of halogens is 5. The van der Waals surface area contributed by atoms with Gasteiger partial charge >= 0.3 is 0 Å². The van der Waals surface area contributed by atoms with Gasteiger partial charge in [0.1, 0.15) is 5.82 Å². The van der Waals surface area contributed by atoms with E-state index in [1.165, 1.54) is 46.2 Å². The Morgan fingerprint density at radius 1 is 0.839 bits per heavy atom. The Balaban J connectivity index is 1.88. The zero-order chi connectivity index (χ0) is 22.5. The average molecular weight is 454 g/mol. The van der Waals surface area contributed by atoms with E-state index in [4.69, 9.17) is 5.21 Å². The molecule has 0 aromatic heterocycles. The third kappa shape index (κ3) is 5.60. The Morgan fingerprint density at radius 3 is 1.94 bits per heavy atom. The summed E-state index contributed by atoms with van der Waals surface area (Å²) in [6.45, 7) is 0.257. The van der Waals surface area contributed by atoms with E-state index in [2.05, 4.69) is 0 Å². The van der Waals surface area contributed by atoms with Gasteiger partial charge < -0.3 is 0 Å². The van der Waals surface area contributed by atoms with E-state index < -0.39 is 39.9 Å². The monoisotopic (exact) mass is 454 g/mol. The molecule has 3 aromatic carbocycles. The van der Waals surface area contributed by atoms with Crippen LogP contribution in [-0.4, -0.2) is 15.4 Å². The molecule has 0 aliphatic carbocycles. The van der Waals surface area contributed by atoms with Crippen LogP contribution in [0.4, 0.5) is 22.0 Å². The van der Waals surface area contributed by atoms with E-state index in [-0.39, 0.29) is 18.7 Å². The molecule has 3 aromatic rings. The molecule has 4 nitrogen and oxygen atoms in total. The highest BCUT2D eigenvalue weighted by molar-refractivity contribution is 7.97. The maximum atomic E-state index is 14.2.